The van der Waals surface area contributed by atoms with Crippen LogP contribution < -0.4 is 10.1 Å². The Labute approximate surface area is 116 Å². The van der Waals surface area contributed by atoms with E-state index in [0.717, 1.165) is 5.56 Å². The van der Waals surface area contributed by atoms with Crippen molar-refractivity contribution >= 4 is 0 Å². The van der Waals surface area contributed by atoms with Crippen LogP contribution in [0.15, 0.2) is 60.5 Å². The van der Waals surface area contributed by atoms with Gasteiger partial charge in [-0.1, -0.05) is 48.5 Å². The molecule has 0 bridgehead atoms. The van der Waals surface area contributed by atoms with Crippen LogP contribution >= 0.6 is 0 Å². The van der Waals surface area contributed by atoms with Gasteiger partial charge in [0.25, 0.3) is 0 Å². The van der Waals surface area contributed by atoms with E-state index in [-0.39, 0.29) is 42.6 Å². The molecule has 0 spiro atoms. The first-order valence-electron chi connectivity index (χ1n) is 8.38. The van der Waals surface area contributed by atoms with Crippen molar-refractivity contribution in [1.82, 2.24) is 5.32 Å². The molecule has 2 nitrogen and oxygen atoms in total. The number of rotatable bonds is 6. The minimum Gasteiger partial charge on any atom is -0.492 e. The van der Waals surface area contributed by atoms with Gasteiger partial charge in [-0.05, 0) is 24.6 Å². The van der Waals surface area contributed by atoms with Crippen molar-refractivity contribution in [3.8, 4) is 5.75 Å². The smallest absolute Gasteiger partial charge is 0.119 e. The molecule has 0 aliphatic carbocycles. The predicted molar refractivity (Wildman–Crippen MR) is 74.7 cm³/mol. The molecular formula is C16H19NO. The number of ether oxygens (including phenoxy) is 1. The van der Waals surface area contributed by atoms with Crippen LogP contribution in [-0.2, 0) is 6.54 Å². The molecular weight excluding hydrogens is 222 g/mol. The minimum atomic E-state index is -0.414. The molecule has 0 fully saturated rings. The summed E-state index contributed by atoms with van der Waals surface area (Å²) in [6.07, 6.45) is 0. The molecule has 2 heteroatoms. The number of nitrogens with one attached hydrogen (secondary N) is 1. The predicted octanol–water partition coefficient (Wildman–Crippen LogP) is 3.24. The fourth-order valence-electron chi connectivity index (χ4n) is 1.47. The normalized spacial score (nSPS) is 15.9. The first-order valence-corrected chi connectivity index (χ1v) is 5.88. The molecule has 2 rings (SSSR count). The lowest BCUT2D eigenvalue weighted by Crippen LogP contribution is -2.31. The molecule has 18 heavy (non-hydrogen) atoms. The van der Waals surface area contributed by atoms with E-state index in [4.69, 9.17) is 11.6 Å². The molecule has 0 aliphatic heterocycles. The topological polar surface area (TPSA) is 21.3 Å². The fourth-order valence-corrected chi connectivity index (χ4v) is 1.47. The highest BCUT2D eigenvalue weighted by Gasteiger charge is 2.02. The molecule has 0 amide bonds. The monoisotopic (exact) mass is 246 g/mol. The van der Waals surface area contributed by atoms with Crippen molar-refractivity contribution in [3.63, 3.8) is 0 Å². The average molecular weight is 246 g/mol. The van der Waals surface area contributed by atoms with Gasteiger partial charge in [-0.25, -0.2) is 0 Å². The highest BCUT2D eigenvalue weighted by Crippen LogP contribution is 2.08. The Morgan fingerprint density at radius 3 is 2.61 bits per heavy atom. The van der Waals surface area contributed by atoms with Gasteiger partial charge >= 0.3 is 0 Å². The van der Waals surface area contributed by atoms with Gasteiger partial charge in [-0.15, -0.1) is 0 Å². The Balaban J connectivity index is 1.98. The SMILES string of the molecule is [2H]c1c([2H])c([2H])c(OCC(C)NCc2ccccc2)c([2H])c1[2H]. The molecule has 94 valence electrons. The zero-order valence-electron chi connectivity index (χ0n) is 15.3. The second-order valence-electron chi connectivity index (χ2n) is 4.03. The van der Waals surface area contributed by atoms with Crippen LogP contribution in [0, 0.1) is 0 Å². The third-order valence-electron chi connectivity index (χ3n) is 2.45. The summed E-state index contributed by atoms with van der Waals surface area (Å²) in [7, 11) is 0. The molecule has 0 heterocycles. The van der Waals surface area contributed by atoms with Crippen LogP contribution in [0.1, 0.15) is 19.3 Å². The molecule has 1 N–H and O–H groups in total. The summed E-state index contributed by atoms with van der Waals surface area (Å²) in [4.78, 5) is 0. The fraction of sp³-hybridized carbons (Fsp3) is 0.250. The Kier molecular flexibility index (Phi) is 2.88. The summed E-state index contributed by atoms with van der Waals surface area (Å²) in [6.45, 7) is 2.80. The number of benzene rings is 2. The van der Waals surface area contributed by atoms with Gasteiger partial charge in [0.05, 0.1) is 6.85 Å². The number of para-hydroxylation sites is 1. The van der Waals surface area contributed by atoms with Crippen molar-refractivity contribution in [1.29, 1.82) is 0 Å². The molecule has 0 saturated heterocycles. The lowest BCUT2D eigenvalue weighted by Gasteiger charge is -2.15. The van der Waals surface area contributed by atoms with Gasteiger partial charge < -0.3 is 10.1 Å². The molecule has 2 aromatic carbocycles. The summed E-state index contributed by atoms with van der Waals surface area (Å²) in [5.41, 5.74) is 1.14. The van der Waals surface area contributed by atoms with E-state index in [9.17, 15) is 0 Å². The van der Waals surface area contributed by atoms with E-state index in [1.54, 1.807) is 0 Å². The van der Waals surface area contributed by atoms with E-state index in [1.165, 1.54) is 0 Å². The van der Waals surface area contributed by atoms with Gasteiger partial charge in [0.15, 0.2) is 0 Å². The maximum atomic E-state index is 7.80. The molecule has 0 aliphatic rings. The molecule has 2 aromatic rings. The Hall–Kier alpha value is -1.80. The summed E-state index contributed by atoms with van der Waals surface area (Å²) in [5.74, 6) is -0.107. The highest BCUT2D eigenvalue weighted by molar-refractivity contribution is 5.21. The molecule has 1 unspecified atom stereocenters. The summed E-state index contributed by atoms with van der Waals surface area (Å²) in [6, 6.07) is 8.06. The van der Waals surface area contributed by atoms with Crippen LogP contribution in [0.2, 0.25) is 0 Å². The van der Waals surface area contributed by atoms with E-state index in [0.29, 0.717) is 6.54 Å². The van der Waals surface area contributed by atoms with Crippen molar-refractivity contribution in [2.24, 2.45) is 0 Å². The van der Waals surface area contributed by atoms with Crippen LogP contribution in [0.25, 0.3) is 0 Å². The Bertz CT molecular complexity index is 649. The van der Waals surface area contributed by atoms with Crippen molar-refractivity contribution in [2.75, 3.05) is 6.61 Å². The quantitative estimate of drug-likeness (QED) is 0.845. The van der Waals surface area contributed by atoms with Gasteiger partial charge in [-0.3, -0.25) is 0 Å². The van der Waals surface area contributed by atoms with E-state index < -0.39 is 6.04 Å². The van der Waals surface area contributed by atoms with E-state index in [1.807, 2.05) is 37.3 Å². The Morgan fingerprint density at radius 1 is 1.17 bits per heavy atom. The van der Waals surface area contributed by atoms with Crippen molar-refractivity contribution in [3.05, 3.63) is 66.1 Å². The largest absolute Gasteiger partial charge is 0.492 e. The van der Waals surface area contributed by atoms with Crippen LogP contribution in [-0.4, -0.2) is 12.6 Å². The van der Waals surface area contributed by atoms with Gasteiger partial charge in [0.1, 0.15) is 12.4 Å². The maximum Gasteiger partial charge on any atom is 0.119 e. The van der Waals surface area contributed by atoms with Crippen molar-refractivity contribution in [2.45, 2.75) is 19.5 Å². The first kappa shape index (κ1) is 7.59. The average Bonchev–Trinajstić information content (AvgIpc) is 2.57. The minimum absolute atomic E-state index is 0.0342. The Morgan fingerprint density at radius 2 is 1.89 bits per heavy atom. The molecule has 0 aromatic heterocycles. The summed E-state index contributed by atoms with van der Waals surface area (Å²) in [5, 5.41) is 3.27. The summed E-state index contributed by atoms with van der Waals surface area (Å²) < 4.78 is 43.8. The second-order valence-corrected chi connectivity index (χ2v) is 4.03. The molecule has 0 radical (unpaired) electrons. The first-order chi connectivity index (χ1) is 10.9. The number of hydrogen-bond acceptors (Lipinski definition) is 2. The van der Waals surface area contributed by atoms with Gasteiger partial charge in [0, 0.05) is 12.6 Å². The van der Waals surface area contributed by atoms with Gasteiger partial charge in [0.2, 0.25) is 0 Å². The second kappa shape index (κ2) is 6.82. The zero-order chi connectivity index (χ0) is 17.0. The van der Waals surface area contributed by atoms with E-state index >= 15 is 0 Å². The highest BCUT2D eigenvalue weighted by atomic mass is 16.5. The standard InChI is InChI=1S/C16H19NO/c1-14(13-18-16-10-6-3-7-11-16)17-12-15-8-4-2-5-9-15/h2-11,14,17H,12-13H2,1H3/i3D,6D,7D,10D,11D. The van der Waals surface area contributed by atoms with E-state index in [2.05, 4.69) is 5.32 Å². The van der Waals surface area contributed by atoms with Gasteiger partial charge in [-0.2, -0.15) is 0 Å². The molecule has 0 saturated carbocycles. The maximum absolute atomic E-state index is 7.80. The molecule has 1 atom stereocenters. The lowest BCUT2D eigenvalue weighted by molar-refractivity contribution is 0.272. The third kappa shape index (κ3) is 4.22. The third-order valence-corrected chi connectivity index (χ3v) is 2.45. The van der Waals surface area contributed by atoms with Crippen LogP contribution in [0.3, 0.4) is 0 Å². The van der Waals surface area contributed by atoms with Crippen LogP contribution in [0.5, 0.6) is 5.75 Å². The number of hydrogen-bond donors (Lipinski definition) is 1. The van der Waals surface area contributed by atoms with Crippen LogP contribution in [0.4, 0.5) is 0 Å². The summed E-state index contributed by atoms with van der Waals surface area (Å²) >= 11 is 0. The van der Waals surface area contributed by atoms with Crippen molar-refractivity contribution < 1.29 is 11.6 Å². The lowest BCUT2D eigenvalue weighted by atomic mass is 10.2. The zero-order valence-corrected chi connectivity index (χ0v) is 10.3.